The van der Waals surface area contributed by atoms with Gasteiger partial charge in [0.2, 0.25) is 0 Å². The zero-order chi connectivity index (χ0) is 20.0. The van der Waals surface area contributed by atoms with Crippen LogP contribution in [-0.2, 0) is 14.3 Å². The van der Waals surface area contributed by atoms with Crippen molar-refractivity contribution in [2.45, 2.75) is 89.6 Å². The maximum absolute atomic E-state index is 11.8. The molecule has 2 fully saturated rings. The molecule has 5 nitrogen and oxygen atoms in total. The summed E-state index contributed by atoms with van der Waals surface area (Å²) >= 11 is 0. The molecule has 1 aliphatic carbocycles. The number of aliphatic hydroxyl groups is 2. The van der Waals surface area contributed by atoms with Crippen LogP contribution in [-0.4, -0.2) is 46.2 Å². The average Bonchev–Trinajstić information content (AvgIpc) is 2.49. The lowest BCUT2D eigenvalue weighted by Gasteiger charge is -2.63. The second kappa shape index (κ2) is 6.92. The standard InChI is InChI=1S/C21H36O5/c1-8-19(4)11-9-15-20(5,12-10-16(23)25-7)17(18(2,3)24)14(22)13-21(15,6)26-19/h8,14-15,17,22,24H,1,9-13H2,2-7H3/t14-,15-,17+,19-,20-,21-/m0/s1. The van der Waals surface area contributed by atoms with Crippen LogP contribution in [0.1, 0.15) is 66.7 Å². The first-order valence-electron chi connectivity index (χ1n) is 9.62. The number of carbonyl (C=O) groups excluding carboxylic acids is 1. The van der Waals surface area contributed by atoms with Crippen LogP contribution in [0.4, 0.5) is 0 Å². The van der Waals surface area contributed by atoms with Gasteiger partial charge in [0.15, 0.2) is 0 Å². The van der Waals surface area contributed by atoms with Crippen LogP contribution < -0.4 is 0 Å². The Morgan fingerprint density at radius 2 is 2.00 bits per heavy atom. The number of aliphatic hydroxyl groups excluding tert-OH is 1. The normalized spacial score (nSPS) is 43.5. The maximum Gasteiger partial charge on any atom is 0.305 e. The third-order valence-electron chi connectivity index (χ3n) is 6.93. The van der Waals surface area contributed by atoms with Gasteiger partial charge in [0.1, 0.15) is 0 Å². The Labute approximate surface area is 157 Å². The lowest BCUT2D eigenvalue weighted by atomic mass is 9.48. The van der Waals surface area contributed by atoms with Crippen molar-refractivity contribution in [2.24, 2.45) is 17.3 Å². The Morgan fingerprint density at radius 3 is 2.50 bits per heavy atom. The van der Waals surface area contributed by atoms with Crippen molar-refractivity contribution < 1.29 is 24.5 Å². The van der Waals surface area contributed by atoms with Crippen molar-refractivity contribution in [3.05, 3.63) is 12.7 Å². The molecule has 26 heavy (non-hydrogen) atoms. The van der Waals surface area contributed by atoms with Gasteiger partial charge in [-0.1, -0.05) is 13.0 Å². The molecule has 1 saturated carbocycles. The van der Waals surface area contributed by atoms with E-state index < -0.39 is 28.3 Å². The molecular formula is C21H36O5. The van der Waals surface area contributed by atoms with E-state index in [1.165, 1.54) is 7.11 Å². The summed E-state index contributed by atoms with van der Waals surface area (Å²) < 4.78 is 11.3. The predicted octanol–water partition coefficient (Wildman–Crippen LogP) is 3.23. The zero-order valence-electron chi connectivity index (χ0n) is 17.2. The highest BCUT2D eigenvalue weighted by atomic mass is 16.5. The minimum atomic E-state index is -1.06. The topological polar surface area (TPSA) is 76.0 Å². The lowest BCUT2D eigenvalue weighted by molar-refractivity contribution is -0.276. The van der Waals surface area contributed by atoms with Gasteiger partial charge in [-0.25, -0.2) is 0 Å². The summed E-state index contributed by atoms with van der Waals surface area (Å²) in [6.45, 7) is 13.6. The summed E-state index contributed by atoms with van der Waals surface area (Å²) in [5.41, 5.74) is -2.48. The highest BCUT2D eigenvalue weighted by Gasteiger charge is 2.63. The largest absolute Gasteiger partial charge is 0.469 e. The van der Waals surface area contributed by atoms with Gasteiger partial charge in [0, 0.05) is 18.8 Å². The Hall–Kier alpha value is -0.910. The van der Waals surface area contributed by atoms with E-state index in [2.05, 4.69) is 20.4 Å². The molecule has 150 valence electrons. The van der Waals surface area contributed by atoms with Crippen molar-refractivity contribution in [1.82, 2.24) is 0 Å². The molecule has 0 aromatic heterocycles. The molecule has 2 N–H and O–H groups in total. The number of methoxy groups -OCH3 is 1. The maximum atomic E-state index is 11.8. The predicted molar refractivity (Wildman–Crippen MR) is 101 cm³/mol. The number of carbonyl (C=O) groups is 1. The summed E-state index contributed by atoms with van der Waals surface area (Å²) in [6.07, 6.45) is 4.12. The van der Waals surface area contributed by atoms with Crippen molar-refractivity contribution in [3.8, 4) is 0 Å². The molecule has 1 heterocycles. The summed E-state index contributed by atoms with van der Waals surface area (Å²) in [5.74, 6) is -0.503. The van der Waals surface area contributed by atoms with Crippen LogP contribution in [0.2, 0.25) is 0 Å². The Bertz CT molecular complexity index is 553. The van der Waals surface area contributed by atoms with E-state index in [0.29, 0.717) is 12.8 Å². The molecule has 6 atom stereocenters. The van der Waals surface area contributed by atoms with E-state index in [0.717, 1.165) is 12.8 Å². The number of ether oxygens (including phenoxy) is 2. The molecule has 2 rings (SSSR count). The number of hydrogen-bond donors (Lipinski definition) is 2. The molecule has 0 aromatic carbocycles. The van der Waals surface area contributed by atoms with Crippen molar-refractivity contribution in [3.63, 3.8) is 0 Å². The minimum Gasteiger partial charge on any atom is -0.469 e. The molecule has 0 aromatic rings. The molecule has 1 aliphatic heterocycles. The van der Waals surface area contributed by atoms with Gasteiger partial charge < -0.3 is 19.7 Å². The summed E-state index contributed by atoms with van der Waals surface area (Å²) in [4.78, 5) is 11.8. The fraction of sp³-hybridized carbons (Fsp3) is 0.857. The molecule has 0 unspecified atom stereocenters. The molecule has 0 radical (unpaired) electrons. The van der Waals surface area contributed by atoms with E-state index in [4.69, 9.17) is 9.47 Å². The van der Waals surface area contributed by atoms with Crippen LogP contribution in [0.15, 0.2) is 12.7 Å². The van der Waals surface area contributed by atoms with Gasteiger partial charge >= 0.3 is 5.97 Å². The molecule has 5 heteroatoms. The molecule has 0 amide bonds. The quantitative estimate of drug-likeness (QED) is 0.575. The van der Waals surface area contributed by atoms with E-state index >= 15 is 0 Å². The monoisotopic (exact) mass is 368 g/mol. The lowest BCUT2D eigenvalue weighted by Crippen LogP contribution is -2.66. The van der Waals surface area contributed by atoms with E-state index in [-0.39, 0.29) is 24.2 Å². The molecule has 0 bridgehead atoms. The SMILES string of the molecule is C=C[C@@]1(C)CC[C@H]2[C@](C)(CCC(=O)OC)[C@@H](C(C)(C)O)[C@@H](O)C[C@]2(C)O1. The molecule has 1 saturated heterocycles. The second-order valence-corrected chi connectivity index (χ2v) is 9.51. The smallest absolute Gasteiger partial charge is 0.305 e. The van der Waals surface area contributed by atoms with Crippen LogP contribution >= 0.6 is 0 Å². The van der Waals surface area contributed by atoms with Gasteiger partial charge in [0.05, 0.1) is 30.0 Å². The number of rotatable bonds is 5. The third kappa shape index (κ3) is 3.71. The third-order valence-corrected chi connectivity index (χ3v) is 6.93. The van der Waals surface area contributed by atoms with Crippen molar-refractivity contribution >= 4 is 5.97 Å². The highest BCUT2D eigenvalue weighted by Crippen LogP contribution is 2.61. The fourth-order valence-electron chi connectivity index (χ4n) is 6.02. The first-order valence-corrected chi connectivity index (χ1v) is 9.62. The Kier molecular flexibility index (Phi) is 5.69. The van der Waals surface area contributed by atoms with Gasteiger partial charge in [-0.2, -0.15) is 0 Å². The molecular weight excluding hydrogens is 332 g/mol. The van der Waals surface area contributed by atoms with Crippen LogP contribution in [0.3, 0.4) is 0 Å². The minimum absolute atomic E-state index is 0.118. The van der Waals surface area contributed by atoms with Gasteiger partial charge in [-0.3, -0.25) is 4.79 Å². The zero-order valence-corrected chi connectivity index (χ0v) is 17.2. The van der Waals surface area contributed by atoms with Crippen molar-refractivity contribution in [1.29, 1.82) is 0 Å². The highest BCUT2D eigenvalue weighted by molar-refractivity contribution is 5.69. The Balaban J connectivity index is 2.45. The van der Waals surface area contributed by atoms with Gasteiger partial charge in [-0.15, -0.1) is 6.58 Å². The summed E-state index contributed by atoms with van der Waals surface area (Å²) in [7, 11) is 1.39. The van der Waals surface area contributed by atoms with Crippen molar-refractivity contribution in [2.75, 3.05) is 7.11 Å². The molecule has 2 aliphatic rings. The van der Waals surface area contributed by atoms with Crippen LogP contribution in [0.5, 0.6) is 0 Å². The fourth-order valence-corrected chi connectivity index (χ4v) is 6.02. The van der Waals surface area contributed by atoms with Gasteiger partial charge in [-0.05, 0) is 58.3 Å². The second-order valence-electron chi connectivity index (χ2n) is 9.51. The van der Waals surface area contributed by atoms with E-state index in [1.54, 1.807) is 13.8 Å². The molecule has 0 spiro atoms. The summed E-state index contributed by atoms with van der Waals surface area (Å²) in [6, 6.07) is 0. The first-order chi connectivity index (χ1) is 11.8. The van der Waals surface area contributed by atoms with Crippen LogP contribution in [0, 0.1) is 17.3 Å². The Morgan fingerprint density at radius 1 is 1.38 bits per heavy atom. The average molecular weight is 369 g/mol. The van der Waals surface area contributed by atoms with E-state index in [1.807, 2.05) is 13.0 Å². The first kappa shape index (κ1) is 21.4. The van der Waals surface area contributed by atoms with E-state index in [9.17, 15) is 15.0 Å². The number of hydrogen-bond acceptors (Lipinski definition) is 5. The number of fused-ring (bicyclic) bond motifs is 1. The number of esters is 1. The van der Waals surface area contributed by atoms with Gasteiger partial charge in [0.25, 0.3) is 0 Å². The summed E-state index contributed by atoms with van der Waals surface area (Å²) in [5, 5.41) is 21.9. The van der Waals surface area contributed by atoms with Crippen LogP contribution in [0.25, 0.3) is 0 Å².